The fraction of sp³-hybridized carbons (Fsp3) is 0.583. The van der Waals surface area contributed by atoms with Gasteiger partial charge in [-0.05, 0) is 42.9 Å². The molecule has 0 radical (unpaired) electrons. The minimum Gasteiger partial charge on any atom is -0.370 e. The smallest absolute Gasteiger partial charge is 0.126 e. The lowest BCUT2D eigenvalue weighted by Gasteiger charge is -2.34. The maximum absolute atomic E-state index is 4.28. The summed E-state index contributed by atoms with van der Waals surface area (Å²) < 4.78 is 0. The topological polar surface area (TPSA) is 24.9 Å². The van der Waals surface area contributed by atoms with E-state index < -0.39 is 0 Å². The zero-order valence-corrected chi connectivity index (χ0v) is 8.96. The number of aryl methyl sites for hydroxylation is 1. The molecular weight excluding hydrogens is 172 g/mol. The molecule has 1 aliphatic rings. The minimum absolute atomic E-state index is 0.859. The van der Waals surface area contributed by atoms with Crippen molar-refractivity contribution in [2.24, 2.45) is 11.8 Å². The number of aromatic nitrogens is 1. The van der Waals surface area contributed by atoms with Gasteiger partial charge in [0.15, 0.2) is 0 Å². The van der Waals surface area contributed by atoms with Crippen LogP contribution in [-0.2, 0) is 0 Å². The Morgan fingerprint density at radius 2 is 2.36 bits per heavy atom. The van der Waals surface area contributed by atoms with E-state index in [2.05, 4.69) is 30.2 Å². The second-order valence-corrected chi connectivity index (χ2v) is 4.41. The molecule has 0 spiro atoms. The van der Waals surface area contributed by atoms with Gasteiger partial charge in [-0.2, -0.15) is 0 Å². The van der Waals surface area contributed by atoms with Gasteiger partial charge in [-0.1, -0.05) is 13.3 Å². The number of nitrogens with one attached hydrogen (secondary N) is 1. The molecule has 1 heterocycles. The van der Waals surface area contributed by atoms with Gasteiger partial charge in [0, 0.05) is 12.7 Å². The van der Waals surface area contributed by atoms with Crippen LogP contribution >= 0.6 is 0 Å². The molecule has 0 bridgehead atoms. The van der Waals surface area contributed by atoms with Crippen LogP contribution in [0.5, 0.6) is 0 Å². The van der Waals surface area contributed by atoms with Crippen LogP contribution in [0.15, 0.2) is 18.3 Å². The number of pyridine rings is 1. The fourth-order valence-electron chi connectivity index (χ4n) is 1.91. The van der Waals surface area contributed by atoms with Crippen LogP contribution < -0.4 is 5.32 Å². The number of hydrogen-bond donors (Lipinski definition) is 1. The van der Waals surface area contributed by atoms with Gasteiger partial charge in [-0.15, -0.1) is 0 Å². The molecule has 1 aromatic heterocycles. The second-order valence-electron chi connectivity index (χ2n) is 4.41. The highest BCUT2D eigenvalue weighted by molar-refractivity contribution is 5.36. The summed E-state index contributed by atoms with van der Waals surface area (Å²) in [6.07, 6.45) is 4.63. The zero-order chi connectivity index (χ0) is 9.97. The lowest BCUT2D eigenvalue weighted by Crippen LogP contribution is -2.29. The van der Waals surface area contributed by atoms with Gasteiger partial charge in [0.1, 0.15) is 5.82 Å². The number of nitrogens with zero attached hydrogens (tertiary/aromatic N) is 1. The lowest BCUT2D eigenvalue weighted by molar-refractivity contribution is 0.210. The van der Waals surface area contributed by atoms with E-state index in [1.807, 2.05) is 12.3 Å². The van der Waals surface area contributed by atoms with Crippen LogP contribution in [0, 0.1) is 18.8 Å². The third kappa shape index (κ3) is 2.06. The van der Waals surface area contributed by atoms with Crippen LogP contribution in [0.25, 0.3) is 0 Å². The molecule has 1 aromatic rings. The summed E-state index contributed by atoms with van der Waals surface area (Å²) in [7, 11) is 0. The van der Waals surface area contributed by atoms with Crippen molar-refractivity contribution in [2.45, 2.75) is 26.7 Å². The average molecular weight is 190 g/mol. The lowest BCUT2D eigenvalue weighted by atomic mass is 9.75. The van der Waals surface area contributed by atoms with Crippen molar-refractivity contribution < 1.29 is 0 Å². The van der Waals surface area contributed by atoms with E-state index in [1.54, 1.807) is 0 Å². The first-order valence-electron chi connectivity index (χ1n) is 5.42. The van der Waals surface area contributed by atoms with Crippen LogP contribution in [0.3, 0.4) is 0 Å². The van der Waals surface area contributed by atoms with Crippen molar-refractivity contribution in [1.82, 2.24) is 4.98 Å². The molecule has 1 aliphatic carbocycles. The van der Waals surface area contributed by atoms with Gasteiger partial charge in [0.05, 0.1) is 0 Å². The van der Waals surface area contributed by atoms with Crippen LogP contribution in [-0.4, -0.2) is 11.5 Å². The summed E-state index contributed by atoms with van der Waals surface area (Å²) in [5.74, 6) is 2.77. The quantitative estimate of drug-likeness (QED) is 0.792. The van der Waals surface area contributed by atoms with Crippen LogP contribution in [0.4, 0.5) is 5.82 Å². The largest absolute Gasteiger partial charge is 0.370 e. The first-order chi connectivity index (χ1) is 6.75. The predicted molar refractivity (Wildman–Crippen MR) is 59.4 cm³/mol. The minimum atomic E-state index is 0.859. The van der Waals surface area contributed by atoms with E-state index in [-0.39, 0.29) is 0 Å². The van der Waals surface area contributed by atoms with Crippen LogP contribution in [0.2, 0.25) is 0 Å². The van der Waals surface area contributed by atoms with Crippen molar-refractivity contribution in [3.05, 3.63) is 23.9 Å². The Kier molecular flexibility index (Phi) is 2.71. The van der Waals surface area contributed by atoms with Gasteiger partial charge in [-0.3, -0.25) is 0 Å². The molecule has 0 saturated heterocycles. The molecule has 0 unspecified atom stereocenters. The molecule has 1 N–H and O–H groups in total. The predicted octanol–water partition coefficient (Wildman–Crippen LogP) is 2.85. The van der Waals surface area contributed by atoms with E-state index in [1.165, 1.54) is 18.4 Å². The molecule has 0 aliphatic heterocycles. The average Bonchev–Trinajstić information content (AvgIpc) is 2.16. The summed E-state index contributed by atoms with van der Waals surface area (Å²) in [5.41, 5.74) is 1.27. The molecule has 0 amide bonds. The van der Waals surface area contributed by atoms with Gasteiger partial charge in [-0.25, -0.2) is 4.98 Å². The Bertz CT molecular complexity index is 309. The molecule has 2 rings (SSSR count). The van der Waals surface area contributed by atoms with E-state index in [0.29, 0.717) is 0 Å². The molecule has 2 heteroatoms. The first kappa shape index (κ1) is 9.50. The number of anilines is 1. The fourth-order valence-corrected chi connectivity index (χ4v) is 1.91. The zero-order valence-electron chi connectivity index (χ0n) is 8.96. The van der Waals surface area contributed by atoms with Gasteiger partial charge >= 0.3 is 0 Å². The summed E-state index contributed by atoms with van der Waals surface area (Å²) in [4.78, 5) is 4.28. The Morgan fingerprint density at radius 3 is 2.93 bits per heavy atom. The van der Waals surface area contributed by atoms with Crippen molar-refractivity contribution in [3.8, 4) is 0 Å². The maximum atomic E-state index is 4.28. The molecule has 76 valence electrons. The SMILES string of the molecule is Cc1ccnc(NC[C@H]2CC[C@H]2C)c1. The standard InChI is InChI=1S/C12H18N2/c1-9-5-6-13-12(7-9)14-8-11-4-3-10(11)2/h5-7,10-11H,3-4,8H2,1-2H3,(H,13,14)/t10-,11-/m1/s1. The van der Waals surface area contributed by atoms with Crippen molar-refractivity contribution in [1.29, 1.82) is 0 Å². The Morgan fingerprint density at radius 1 is 1.50 bits per heavy atom. The summed E-state index contributed by atoms with van der Waals surface area (Å²) in [5, 5.41) is 3.41. The molecule has 0 aromatic carbocycles. The van der Waals surface area contributed by atoms with Crippen LogP contribution in [0.1, 0.15) is 25.3 Å². The Balaban J connectivity index is 1.85. The van der Waals surface area contributed by atoms with Crippen molar-refractivity contribution >= 4 is 5.82 Å². The monoisotopic (exact) mass is 190 g/mol. The molecule has 2 atom stereocenters. The third-order valence-corrected chi connectivity index (χ3v) is 3.26. The molecule has 1 saturated carbocycles. The van der Waals surface area contributed by atoms with Gasteiger partial charge < -0.3 is 5.32 Å². The van der Waals surface area contributed by atoms with E-state index in [9.17, 15) is 0 Å². The van der Waals surface area contributed by atoms with E-state index in [0.717, 1.165) is 24.2 Å². The number of hydrogen-bond acceptors (Lipinski definition) is 2. The maximum Gasteiger partial charge on any atom is 0.126 e. The highest BCUT2D eigenvalue weighted by Gasteiger charge is 2.25. The Labute approximate surface area is 85.7 Å². The van der Waals surface area contributed by atoms with E-state index >= 15 is 0 Å². The highest BCUT2D eigenvalue weighted by Crippen LogP contribution is 2.33. The Hall–Kier alpha value is -1.05. The summed E-state index contributed by atoms with van der Waals surface area (Å²) in [6.45, 7) is 5.51. The normalized spacial score (nSPS) is 25.6. The van der Waals surface area contributed by atoms with Gasteiger partial charge in [0.2, 0.25) is 0 Å². The molecule has 1 fully saturated rings. The molecule has 14 heavy (non-hydrogen) atoms. The van der Waals surface area contributed by atoms with Crippen molar-refractivity contribution in [3.63, 3.8) is 0 Å². The molecular formula is C12H18N2. The number of rotatable bonds is 3. The third-order valence-electron chi connectivity index (χ3n) is 3.26. The summed E-state index contributed by atoms with van der Waals surface area (Å²) in [6, 6.07) is 4.13. The van der Waals surface area contributed by atoms with Crippen molar-refractivity contribution in [2.75, 3.05) is 11.9 Å². The highest BCUT2D eigenvalue weighted by atomic mass is 15.0. The molecule has 2 nitrogen and oxygen atoms in total. The second kappa shape index (κ2) is 3.99. The summed E-state index contributed by atoms with van der Waals surface area (Å²) >= 11 is 0. The first-order valence-corrected chi connectivity index (χ1v) is 5.42. The van der Waals surface area contributed by atoms with Gasteiger partial charge in [0.25, 0.3) is 0 Å². The van der Waals surface area contributed by atoms with E-state index in [4.69, 9.17) is 0 Å².